The summed E-state index contributed by atoms with van der Waals surface area (Å²) in [5.41, 5.74) is 3.88. The van der Waals surface area contributed by atoms with E-state index in [1.165, 1.54) is 12.8 Å². The van der Waals surface area contributed by atoms with Gasteiger partial charge in [-0.3, -0.25) is 4.90 Å². The number of allylic oxidation sites excluding steroid dienone is 3. The summed E-state index contributed by atoms with van der Waals surface area (Å²) in [5.74, 6) is 2.72. The van der Waals surface area contributed by atoms with E-state index in [2.05, 4.69) is 58.4 Å². The summed E-state index contributed by atoms with van der Waals surface area (Å²) < 4.78 is 20.6. The fourth-order valence-electron chi connectivity index (χ4n) is 5.47. The highest BCUT2D eigenvalue weighted by Gasteiger charge is 2.38. The molecule has 0 unspecified atom stereocenters. The minimum absolute atomic E-state index is 0.316. The van der Waals surface area contributed by atoms with Gasteiger partial charge in [-0.2, -0.15) is 9.68 Å². The van der Waals surface area contributed by atoms with Crippen LogP contribution in [-0.2, 0) is 9.47 Å². The second-order valence-corrected chi connectivity index (χ2v) is 13.3. The molecule has 0 radical (unpaired) electrons. The zero-order valence-electron chi connectivity index (χ0n) is 31.7. The largest absolute Gasteiger partial charge is 0.475 e. The Bertz CT molecular complexity index is 1880. The van der Waals surface area contributed by atoms with E-state index in [1.807, 2.05) is 84.2 Å². The Hall–Kier alpha value is -5.19. The Labute approximate surface area is 302 Å². The first-order valence-electron chi connectivity index (χ1n) is 17.8. The number of carbonyl (C=O) groups excluding carboxylic acids is 1. The predicted molar refractivity (Wildman–Crippen MR) is 205 cm³/mol. The van der Waals surface area contributed by atoms with Crippen LogP contribution < -0.4 is 20.6 Å². The number of unbranched alkanes of at least 4 members (excludes halogenated alkanes) is 1. The zero-order valence-corrected chi connectivity index (χ0v) is 31.7. The van der Waals surface area contributed by atoms with Gasteiger partial charge in [0.15, 0.2) is 13.2 Å². The molecular weight excluding hydrogens is 642 g/mol. The van der Waals surface area contributed by atoms with Gasteiger partial charge in [0.05, 0.1) is 22.8 Å². The van der Waals surface area contributed by atoms with Gasteiger partial charge >= 0.3 is 6.09 Å². The molecule has 3 aliphatic rings. The Balaban J connectivity index is 0.00000138. The second kappa shape index (κ2) is 17.6. The Morgan fingerprint density at radius 1 is 1.18 bits per heavy atom. The molecule has 0 saturated heterocycles. The lowest BCUT2D eigenvalue weighted by Gasteiger charge is -2.31. The van der Waals surface area contributed by atoms with Gasteiger partial charge in [0, 0.05) is 24.2 Å². The number of aryl methyl sites for hydroxylation is 1. The van der Waals surface area contributed by atoms with Gasteiger partial charge < -0.3 is 19.5 Å². The number of nitrogens with one attached hydrogen (secondary N) is 1. The van der Waals surface area contributed by atoms with E-state index in [4.69, 9.17) is 14.2 Å². The molecule has 272 valence electrons. The van der Waals surface area contributed by atoms with Gasteiger partial charge in [0.2, 0.25) is 17.2 Å². The van der Waals surface area contributed by atoms with Crippen molar-refractivity contribution in [2.75, 3.05) is 31.6 Å². The highest BCUT2D eigenvalue weighted by atomic mass is 16.6. The van der Waals surface area contributed by atoms with E-state index in [9.17, 15) is 4.79 Å². The molecule has 2 aromatic rings. The molecule has 1 aromatic carbocycles. The van der Waals surface area contributed by atoms with Crippen LogP contribution in [0.2, 0.25) is 0 Å². The van der Waals surface area contributed by atoms with Crippen molar-refractivity contribution in [3.63, 3.8) is 0 Å². The molecule has 0 fully saturated rings. The third-order valence-corrected chi connectivity index (χ3v) is 8.07. The molecule has 5 rings (SSSR count). The molecule has 0 aliphatic carbocycles. The first-order valence-corrected chi connectivity index (χ1v) is 17.8. The number of amides is 1. The maximum absolute atomic E-state index is 12.8. The van der Waals surface area contributed by atoms with Crippen LogP contribution >= 0.6 is 0 Å². The summed E-state index contributed by atoms with van der Waals surface area (Å²) in [6.45, 7) is 23.9. The van der Waals surface area contributed by atoms with Crippen LogP contribution in [0.3, 0.4) is 0 Å². The van der Waals surface area contributed by atoms with Crippen LogP contribution in [0.4, 0.5) is 16.3 Å². The first kappa shape index (κ1) is 38.6. The van der Waals surface area contributed by atoms with E-state index >= 15 is 0 Å². The standard InChI is InChI=1S/C36H44N7O4.C4H10/c1-9-12-30-33(45-22-27-21-41(17-18-42(27)30)35(44)47-36(6,7)8)32-29(10-2)37-23-38-34(32)40-26-13-14-31(24(4)19-26)46-28-15-16-43(39-11-3)25(5)20-28;1-3-4-2/h10-16,19-20,23H,5,9,17-18,21-22H2,1-4,6-8H3,(H,37,38,40);3-4H2,1-2H3/q+1;/b29-10+,30-12-,33-32-,39-11-;. The fourth-order valence-corrected chi connectivity index (χ4v) is 5.47. The summed E-state index contributed by atoms with van der Waals surface area (Å²) in [7, 11) is 0. The molecule has 0 bridgehead atoms. The van der Waals surface area contributed by atoms with Crippen LogP contribution in [0.5, 0.6) is 5.75 Å². The molecule has 3 aliphatic heterocycles. The van der Waals surface area contributed by atoms with Gasteiger partial charge in [-0.05, 0) is 83.9 Å². The maximum Gasteiger partial charge on any atom is 0.411 e. The number of ether oxygens (including phenoxy) is 3. The normalized spacial score (nSPS) is 18.3. The second-order valence-electron chi connectivity index (χ2n) is 13.3. The molecule has 0 saturated carbocycles. The highest BCUT2D eigenvalue weighted by molar-refractivity contribution is 5.89. The molecule has 1 amide bonds. The summed E-state index contributed by atoms with van der Waals surface area (Å²) in [6.07, 6.45) is 16.0. The van der Waals surface area contributed by atoms with E-state index < -0.39 is 5.60 Å². The van der Waals surface area contributed by atoms with Gasteiger partial charge in [-0.1, -0.05) is 46.3 Å². The summed E-state index contributed by atoms with van der Waals surface area (Å²) in [4.78, 5) is 23.8. The van der Waals surface area contributed by atoms with Gasteiger partial charge in [0.25, 0.3) is 0 Å². The third-order valence-electron chi connectivity index (χ3n) is 8.07. The van der Waals surface area contributed by atoms with Crippen molar-refractivity contribution in [2.24, 2.45) is 5.10 Å². The monoisotopic (exact) mass is 696 g/mol. The SMILES string of the molecule is C=C1C=C(Oc2ccc(Nc3ncnc(=C/C)/c3=C3/OCC4=[N+](CCN(C(=O)OC(C)(C)C)C4)/C3=C\CC)cc2C)C=CN1/N=C\C.CCCC. The van der Waals surface area contributed by atoms with Gasteiger partial charge in [0.1, 0.15) is 35.8 Å². The average molecular weight is 697 g/mol. The summed E-state index contributed by atoms with van der Waals surface area (Å²) in [5, 5.41) is 11.0. The minimum atomic E-state index is -0.557. The molecule has 1 N–H and O–H groups in total. The van der Waals surface area contributed by atoms with Crippen molar-refractivity contribution in [3.8, 4) is 5.75 Å². The van der Waals surface area contributed by atoms with Gasteiger partial charge in [-0.15, -0.1) is 0 Å². The van der Waals surface area contributed by atoms with Crippen LogP contribution in [0.25, 0.3) is 11.8 Å². The Morgan fingerprint density at radius 3 is 2.57 bits per heavy atom. The maximum atomic E-state index is 12.8. The van der Waals surface area contributed by atoms with Crippen LogP contribution in [0.15, 0.2) is 77.8 Å². The molecule has 1 aromatic heterocycles. The number of nitrogens with zero attached hydrogens (tertiary/aromatic N) is 6. The molecule has 11 nitrogen and oxygen atoms in total. The number of anilines is 2. The Morgan fingerprint density at radius 2 is 1.94 bits per heavy atom. The molecule has 11 heteroatoms. The molecule has 0 atom stereocenters. The van der Waals surface area contributed by atoms with Crippen LogP contribution in [-0.4, -0.2) is 74.3 Å². The number of hydrogen-bond acceptors (Lipinski definition) is 9. The number of carbonyl (C=O) groups is 1. The third kappa shape index (κ3) is 9.96. The molecule has 0 spiro atoms. The van der Waals surface area contributed by atoms with Crippen molar-refractivity contribution in [1.29, 1.82) is 0 Å². The number of hydrazone groups is 1. The number of aromatic nitrogens is 2. The molecule has 4 heterocycles. The van der Waals surface area contributed by atoms with Crippen molar-refractivity contribution in [1.82, 2.24) is 19.9 Å². The van der Waals surface area contributed by atoms with E-state index in [0.717, 1.165) is 45.4 Å². The fraction of sp³-hybridized carbons (Fsp3) is 0.425. The van der Waals surface area contributed by atoms with Gasteiger partial charge in [-0.25, -0.2) is 19.8 Å². The topological polar surface area (TPSA) is 104 Å². The smallest absolute Gasteiger partial charge is 0.411 e. The molecule has 51 heavy (non-hydrogen) atoms. The Kier molecular flexibility index (Phi) is 13.4. The zero-order chi connectivity index (χ0) is 37.1. The first-order chi connectivity index (χ1) is 24.4. The molecular formula is C40H54N7O4+. The predicted octanol–water partition coefficient (Wildman–Crippen LogP) is 6.88. The quantitative estimate of drug-likeness (QED) is 0.247. The number of rotatable bonds is 7. The van der Waals surface area contributed by atoms with E-state index in [0.29, 0.717) is 49.3 Å². The van der Waals surface area contributed by atoms with E-state index in [-0.39, 0.29) is 6.09 Å². The van der Waals surface area contributed by atoms with E-state index in [1.54, 1.807) is 22.5 Å². The van der Waals surface area contributed by atoms with Crippen LogP contribution in [0.1, 0.15) is 80.2 Å². The van der Waals surface area contributed by atoms with Crippen LogP contribution in [0, 0.1) is 6.92 Å². The van der Waals surface area contributed by atoms with Crippen molar-refractivity contribution in [3.05, 3.63) is 88.8 Å². The summed E-state index contributed by atoms with van der Waals surface area (Å²) in [6, 6.07) is 5.90. The lowest BCUT2D eigenvalue weighted by Crippen LogP contribution is -2.52. The number of hydrogen-bond donors (Lipinski definition) is 1. The summed E-state index contributed by atoms with van der Waals surface area (Å²) >= 11 is 0. The lowest BCUT2D eigenvalue weighted by molar-refractivity contribution is -0.485. The van der Waals surface area contributed by atoms with Crippen molar-refractivity contribution >= 4 is 41.4 Å². The average Bonchev–Trinajstić information content (AvgIpc) is 3.10. The number of benzene rings is 1. The van der Waals surface area contributed by atoms with Crippen molar-refractivity contribution < 1.29 is 23.6 Å². The lowest BCUT2D eigenvalue weighted by atomic mass is 10.1. The minimum Gasteiger partial charge on any atom is -0.475 e. The van der Waals surface area contributed by atoms with Crippen molar-refractivity contribution in [2.45, 2.75) is 87.2 Å². The highest BCUT2D eigenvalue weighted by Crippen LogP contribution is 2.28.